The highest BCUT2D eigenvalue weighted by Gasteiger charge is 2.57. The van der Waals surface area contributed by atoms with Crippen LogP contribution in [0.3, 0.4) is 0 Å². The molecule has 4 heterocycles. The number of aromatic nitrogens is 3. The molecular formula is C30H39N9O10S2. The molecule has 1 aromatic carbocycles. The Labute approximate surface area is 297 Å². The van der Waals surface area contributed by atoms with Crippen molar-refractivity contribution in [3.8, 4) is 16.9 Å². The number of amides is 2. The number of carboxylic acids is 1. The highest BCUT2D eigenvalue weighted by Crippen LogP contribution is 2.33. The summed E-state index contributed by atoms with van der Waals surface area (Å²) < 4.78 is 47.3. The second kappa shape index (κ2) is 15.7. The molecule has 3 atom stereocenters. The van der Waals surface area contributed by atoms with Crippen LogP contribution in [0.4, 0.5) is 5.13 Å². The molecule has 0 bridgehead atoms. The van der Waals surface area contributed by atoms with Crippen molar-refractivity contribution in [2.45, 2.75) is 57.5 Å². The predicted molar refractivity (Wildman–Crippen MR) is 179 cm³/mol. The van der Waals surface area contributed by atoms with Crippen LogP contribution in [0.5, 0.6) is 5.75 Å². The van der Waals surface area contributed by atoms with Crippen LogP contribution in [-0.2, 0) is 47.0 Å². The lowest BCUT2D eigenvalue weighted by Crippen LogP contribution is -2.76. The number of nitrogens with zero attached hydrogens (tertiary/aromatic N) is 5. The van der Waals surface area contributed by atoms with Gasteiger partial charge in [-0.1, -0.05) is 17.3 Å². The van der Waals surface area contributed by atoms with Crippen molar-refractivity contribution in [1.82, 2.24) is 25.4 Å². The number of nitrogens with one attached hydrogen (secondary N) is 2. The van der Waals surface area contributed by atoms with Gasteiger partial charge in [-0.3, -0.25) is 9.59 Å². The molecule has 7 N–H and O–H groups in total. The summed E-state index contributed by atoms with van der Waals surface area (Å²) in [6.07, 6.45) is 4.45. The van der Waals surface area contributed by atoms with Gasteiger partial charge in [0.2, 0.25) is 16.6 Å². The van der Waals surface area contributed by atoms with E-state index in [4.69, 9.17) is 21.0 Å². The van der Waals surface area contributed by atoms with Gasteiger partial charge in [-0.2, -0.15) is 14.0 Å². The van der Waals surface area contributed by atoms with E-state index in [2.05, 4.69) is 46.8 Å². The van der Waals surface area contributed by atoms with Crippen molar-refractivity contribution in [3.63, 3.8) is 0 Å². The van der Waals surface area contributed by atoms with E-state index in [0.29, 0.717) is 23.3 Å². The summed E-state index contributed by atoms with van der Waals surface area (Å²) in [6, 6.07) is 5.74. The number of carbonyl (C=O) groups excluding carboxylic acids is 2. The number of ether oxygens (including phenoxy) is 1. The Hall–Kier alpha value is -4.67. The quantitative estimate of drug-likeness (QED) is 0.0282. The number of nitrogens with two attached hydrogens (primary N) is 2. The van der Waals surface area contributed by atoms with Gasteiger partial charge in [0.05, 0.1) is 23.8 Å². The van der Waals surface area contributed by atoms with Gasteiger partial charge in [0.15, 0.2) is 17.4 Å². The van der Waals surface area contributed by atoms with Crippen molar-refractivity contribution >= 4 is 50.4 Å². The van der Waals surface area contributed by atoms with Gasteiger partial charge >= 0.3 is 5.97 Å². The van der Waals surface area contributed by atoms with Crippen LogP contribution in [0, 0.1) is 5.92 Å². The second-order valence-electron chi connectivity index (χ2n) is 12.5. The van der Waals surface area contributed by atoms with Gasteiger partial charge in [-0.15, -0.1) is 16.0 Å². The van der Waals surface area contributed by atoms with Crippen molar-refractivity contribution in [1.29, 1.82) is 0 Å². The van der Waals surface area contributed by atoms with Crippen molar-refractivity contribution in [2.24, 2.45) is 16.8 Å². The Balaban J connectivity index is 1.25. The number of benzene rings is 1. The Kier molecular flexibility index (Phi) is 11.6. The lowest BCUT2D eigenvalue weighted by Gasteiger charge is -2.51. The molecule has 2 aliphatic heterocycles. The predicted octanol–water partition coefficient (Wildman–Crippen LogP) is -0.810. The maximum absolute atomic E-state index is 13.3. The minimum atomic E-state index is -5.27. The molecule has 0 spiro atoms. The fourth-order valence-corrected chi connectivity index (χ4v) is 6.58. The molecule has 2 saturated heterocycles. The summed E-state index contributed by atoms with van der Waals surface area (Å²) in [7, 11) is -5.27. The number of β-lactam (4-membered cyclic amide) rings is 1. The van der Waals surface area contributed by atoms with E-state index < -0.39 is 58.2 Å². The lowest BCUT2D eigenvalue weighted by atomic mass is 9.84. The smallest absolute Gasteiger partial charge is 0.351 e. The van der Waals surface area contributed by atoms with Crippen molar-refractivity contribution < 1.29 is 51.0 Å². The number of anilines is 1. The monoisotopic (exact) mass is 749 g/mol. The van der Waals surface area contributed by atoms with E-state index in [-0.39, 0.29) is 10.8 Å². The highest BCUT2D eigenvalue weighted by atomic mass is 32.3. The van der Waals surface area contributed by atoms with Crippen LogP contribution in [0.1, 0.15) is 32.4 Å². The molecule has 5 rings (SSSR count). The summed E-state index contributed by atoms with van der Waals surface area (Å²) in [6.45, 7) is 6.43. The first-order valence-corrected chi connectivity index (χ1v) is 18.1. The average molecular weight is 750 g/mol. The normalized spacial score (nSPS) is 19.4. The molecule has 2 fully saturated rings. The molecule has 0 radical (unpaired) electrons. The molecule has 0 aliphatic carbocycles. The maximum atomic E-state index is 13.3. The molecule has 51 heavy (non-hydrogen) atoms. The average Bonchev–Trinajstić information content (AvgIpc) is 3.85. The van der Waals surface area contributed by atoms with E-state index in [1.807, 2.05) is 12.1 Å². The molecule has 2 aromatic heterocycles. The molecule has 2 amide bonds. The molecule has 3 aromatic rings. The van der Waals surface area contributed by atoms with E-state index in [0.717, 1.165) is 61.5 Å². The molecule has 21 heteroatoms. The Bertz CT molecular complexity index is 1870. The van der Waals surface area contributed by atoms with Gasteiger partial charge in [0, 0.05) is 17.8 Å². The van der Waals surface area contributed by atoms with Crippen LogP contribution in [0.2, 0.25) is 0 Å². The van der Waals surface area contributed by atoms with Crippen LogP contribution >= 0.6 is 11.3 Å². The molecule has 19 nitrogen and oxygen atoms in total. The zero-order chi connectivity index (χ0) is 36.9. The van der Waals surface area contributed by atoms with Gasteiger partial charge in [-0.05, 0) is 57.5 Å². The highest BCUT2D eigenvalue weighted by molar-refractivity contribution is 7.80. The summed E-state index contributed by atoms with van der Waals surface area (Å²) in [5.41, 5.74) is 11.3. The van der Waals surface area contributed by atoms with Gasteiger partial charge in [0.1, 0.15) is 24.1 Å². The first kappa shape index (κ1) is 37.6. The third-order valence-electron chi connectivity index (χ3n) is 8.34. The fourth-order valence-electron chi connectivity index (χ4n) is 5.59. The first-order chi connectivity index (χ1) is 24.2. The Morgan fingerprint density at radius 1 is 1.29 bits per heavy atom. The van der Waals surface area contributed by atoms with E-state index >= 15 is 0 Å². The number of rotatable bonds is 17. The molecule has 276 valence electrons. The number of nitrogen functional groups attached to an aromatic ring is 1. The standard InChI is InChI=1S/C30H39N9O10S2/c1-30(2)25(27(41)39(30)49-51(44,45)46)35-26(40)24(22-17-50-29(32)34-22)36-48-23(28(42)43)16-47-21-6-4-19(5-7-21)20-14-37(11-3-9-31)38(15-20)13-18-8-10-33-12-18/h4-7,14-15,17-18,23,25,33H,3,8-13,16,31H2,1-2H3,(H4-,32,34,35,40,42,43,44,45,46)/b36-24-/t18-,23?,25-/m1/s1. The minimum Gasteiger partial charge on any atom is -0.724 e. The zero-order valence-corrected chi connectivity index (χ0v) is 29.4. The zero-order valence-electron chi connectivity index (χ0n) is 27.8. The van der Waals surface area contributed by atoms with Crippen molar-refractivity contribution in [3.05, 3.63) is 47.7 Å². The topological polar surface area (TPSA) is 270 Å². The maximum Gasteiger partial charge on any atom is 0.351 e. The van der Waals surface area contributed by atoms with Gasteiger partial charge in [0.25, 0.3) is 17.9 Å². The second-order valence-corrected chi connectivity index (χ2v) is 14.3. The van der Waals surface area contributed by atoms with E-state index in [1.165, 1.54) is 19.2 Å². The minimum absolute atomic E-state index is 0.0559. The Morgan fingerprint density at radius 2 is 2.04 bits per heavy atom. The number of oxime groups is 1. The molecular weight excluding hydrogens is 711 g/mol. The van der Waals surface area contributed by atoms with Crippen molar-refractivity contribution in [2.75, 3.05) is 32.0 Å². The number of thiazole rings is 1. The molecule has 0 saturated carbocycles. The van der Waals surface area contributed by atoms with Crippen LogP contribution < -0.4 is 31.5 Å². The van der Waals surface area contributed by atoms with Gasteiger partial charge in [-0.25, -0.2) is 18.2 Å². The van der Waals surface area contributed by atoms with Crippen LogP contribution in [-0.4, -0.2) is 100 Å². The van der Waals surface area contributed by atoms with Crippen LogP contribution in [0.25, 0.3) is 11.1 Å². The summed E-state index contributed by atoms with van der Waals surface area (Å²) >= 11 is 0.958. The third kappa shape index (κ3) is 9.17. The fraction of sp³-hybridized carbons (Fsp3) is 0.467. The molecule has 2 aliphatic rings. The summed E-state index contributed by atoms with van der Waals surface area (Å²) in [5.74, 6) is -2.61. The lowest BCUT2D eigenvalue weighted by molar-refractivity contribution is -0.780. The van der Waals surface area contributed by atoms with E-state index in [1.54, 1.807) is 12.1 Å². The summed E-state index contributed by atoms with van der Waals surface area (Å²) in [5, 5.41) is 21.1. The number of hydrogen-bond donors (Lipinski definition) is 5. The number of hydrogen-bond acceptors (Lipinski definition) is 15. The number of carbonyl (C=O) groups is 3. The number of aliphatic carboxylic acids is 1. The Morgan fingerprint density at radius 3 is 2.63 bits per heavy atom. The number of hydroxylamine groups is 2. The third-order valence-corrected chi connectivity index (χ3v) is 9.34. The largest absolute Gasteiger partial charge is 0.724 e. The van der Waals surface area contributed by atoms with Crippen LogP contribution in [0.15, 0.2) is 47.2 Å². The SMILES string of the molecule is CC1(C)[C@H](NC(=O)/C(=N\OC(COc2ccc(-c3cn(CCCN)[n+](C[C@@H]4CCNC4)c3)cc2)C(=O)O)c2csc(N)n2)C(=O)N1OS(=O)(=O)[O-]. The van der Waals surface area contributed by atoms with Gasteiger partial charge < -0.3 is 41.3 Å². The molecule has 1 unspecified atom stereocenters. The summed E-state index contributed by atoms with van der Waals surface area (Å²) in [4.78, 5) is 47.1. The van der Waals surface area contributed by atoms with E-state index in [9.17, 15) is 32.5 Å². The first-order valence-electron chi connectivity index (χ1n) is 15.9. The number of aryl methyl sites for hydroxylation is 1. The number of carboxylic acid groups (broad SMARTS) is 1.